The van der Waals surface area contributed by atoms with Gasteiger partial charge in [-0.2, -0.15) is 0 Å². The molecule has 4 rings (SSSR count). The summed E-state index contributed by atoms with van der Waals surface area (Å²) in [5.41, 5.74) is 0.451. The van der Waals surface area contributed by atoms with E-state index in [9.17, 15) is 9.59 Å². The Morgan fingerprint density at radius 3 is 2.83 bits per heavy atom. The molecule has 2 bridgehead atoms. The molecule has 3 atom stereocenters. The van der Waals surface area contributed by atoms with Crippen LogP contribution in [0.2, 0.25) is 0 Å². The van der Waals surface area contributed by atoms with Gasteiger partial charge in [0, 0.05) is 18.6 Å². The summed E-state index contributed by atoms with van der Waals surface area (Å²) >= 11 is 0. The van der Waals surface area contributed by atoms with Gasteiger partial charge in [0.25, 0.3) is 0 Å². The topological polar surface area (TPSA) is 94.1 Å². The lowest BCUT2D eigenvalue weighted by molar-refractivity contribution is -0.236. The van der Waals surface area contributed by atoms with Gasteiger partial charge in [-0.3, -0.25) is 0 Å². The van der Waals surface area contributed by atoms with Crippen molar-refractivity contribution in [1.82, 2.24) is 5.32 Å². The molecule has 0 aromatic heterocycles. The van der Waals surface area contributed by atoms with E-state index in [0.717, 1.165) is 36.4 Å². The number of fused-ring (bicyclic) bond motifs is 1. The molecule has 29 heavy (non-hydrogen) atoms. The Morgan fingerprint density at radius 1 is 1.31 bits per heavy atom. The second kappa shape index (κ2) is 6.85. The lowest BCUT2D eigenvalue weighted by atomic mass is 9.51. The zero-order valence-electron chi connectivity index (χ0n) is 17.0. The van der Waals surface area contributed by atoms with Gasteiger partial charge in [0.05, 0.1) is 30.8 Å². The van der Waals surface area contributed by atoms with Crippen LogP contribution in [-0.2, 0) is 30.9 Å². The molecule has 2 fully saturated rings. The third-order valence-corrected chi connectivity index (χ3v) is 6.61. The van der Waals surface area contributed by atoms with Gasteiger partial charge < -0.3 is 24.6 Å². The molecule has 7 nitrogen and oxygen atoms in total. The molecule has 0 saturated carbocycles. The summed E-state index contributed by atoms with van der Waals surface area (Å²) in [6, 6.07) is 5.98. The van der Waals surface area contributed by atoms with Crippen LogP contribution in [0.4, 0.5) is 0 Å². The van der Waals surface area contributed by atoms with Gasteiger partial charge in [-0.25, -0.2) is 9.59 Å². The van der Waals surface area contributed by atoms with Crippen molar-refractivity contribution in [3.63, 3.8) is 0 Å². The number of piperidine rings is 1. The van der Waals surface area contributed by atoms with Crippen LogP contribution < -0.4 is 10.1 Å². The third kappa shape index (κ3) is 3.13. The lowest BCUT2D eigenvalue weighted by Crippen LogP contribution is -2.77. The SMILES string of the molecule is COc1ccc2c(c1)[C@]13CCN[C@H](C2)[C@]1(OC(=O)/C=C/C(=O)O)CC(C)(C)OC3. The van der Waals surface area contributed by atoms with E-state index in [0.29, 0.717) is 19.4 Å². The fourth-order valence-electron chi connectivity index (χ4n) is 5.42. The molecule has 0 unspecified atom stereocenters. The maximum Gasteiger partial charge on any atom is 0.331 e. The van der Waals surface area contributed by atoms with E-state index in [1.165, 1.54) is 5.56 Å². The fourth-order valence-corrected chi connectivity index (χ4v) is 5.42. The van der Waals surface area contributed by atoms with Crippen molar-refractivity contribution >= 4 is 11.9 Å². The van der Waals surface area contributed by atoms with E-state index < -0.39 is 28.6 Å². The zero-order valence-corrected chi connectivity index (χ0v) is 17.0. The number of hydrogen-bond donors (Lipinski definition) is 2. The van der Waals surface area contributed by atoms with Crippen LogP contribution >= 0.6 is 0 Å². The highest BCUT2D eigenvalue weighted by molar-refractivity contribution is 5.91. The van der Waals surface area contributed by atoms with Crippen molar-refractivity contribution in [3.05, 3.63) is 41.5 Å². The van der Waals surface area contributed by atoms with Crippen LogP contribution in [0, 0.1) is 0 Å². The number of hydrogen-bond acceptors (Lipinski definition) is 6. The third-order valence-electron chi connectivity index (χ3n) is 6.61. The van der Waals surface area contributed by atoms with Crippen molar-refractivity contribution in [1.29, 1.82) is 0 Å². The number of carboxylic acids is 1. The van der Waals surface area contributed by atoms with E-state index in [1.54, 1.807) is 7.11 Å². The van der Waals surface area contributed by atoms with Crippen molar-refractivity contribution in [2.75, 3.05) is 20.3 Å². The number of ether oxygens (including phenoxy) is 3. The van der Waals surface area contributed by atoms with Gasteiger partial charge in [-0.1, -0.05) is 6.07 Å². The molecule has 7 heteroatoms. The van der Waals surface area contributed by atoms with Gasteiger partial charge in [0.1, 0.15) is 11.4 Å². The van der Waals surface area contributed by atoms with Crippen LogP contribution in [-0.4, -0.2) is 54.6 Å². The Hall–Kier alpha value is -2.38. The first-order valence-corrected chi connectivity index (χ1v) is 9.90. The van der Waals surface area contributed by atoms with E-state index >= 15 is 0 Å². The van der Waals surface area contributed by atoms with Gasteiger partial charge in [0.15, 0.2) is 0 Å². The van der Waals surface area contributed by atoms with Crippen molar-refractivity contribution in [3.8, 4) is 5.75 Å². The number of rotatable bonds is 4. The Kier molecular flexibility index (Phi) is 4.70. The number of carbonyl (C=O) groups excluding carboxylic acids is 1. The first-order chi connectivity index (χ1) is 13.7. The fraction of sp³-hybridized carbons (Fsp3) is 0.545. The average molecular weight is 401 g/mol. The van der Waals surface area contributed by atoms with Crippen LogP contribution in [0.25, 0.3) is 0 Å². The van der Waals surface area contributed by atoms with Crippen molar-refractivity contribution in [2.45, 2.75) is 55.8 Å². The monoisotopic (exact) mass is 401 g/mol. The Bertz CT molecular complexity index is 878. The van der Waals surface area contributed by atoms with Crippen molar-refractivity contribution in [2.24, 2.45) is 0 Å². The first-order valence-electron chi connectivity index (χ1n) is 9.90. The molecule has 1 aromatic rings. The predicted octanol–water partition coefficient (Wildman–Crippen LogP) is 1.97. The quantitative estimate of drug-likeness (QED) is 0.588. The Balaban J connectivity index is 1.86. The summed E-state index contributed by atoms with van der Waals surface area (Å²) in [4.78, 5) is 23.5. The summed E-state index contributed by atoms with van der Waals surface area (Å²) in [5.74, 6) is -1.07. The number of carboxylic acid groups (broad SMARTS) is 1. The average Bonchev–Trinajstić information content (AvgIpc) is 2.65. The number of methoxy groups -OCH3 is 1. The molecule has 0 amide bonds. The molecule has 2 aliphatic heterocycles. The first kappa shape index (κ1) is 19.9. The highest BCUT2D eigenvalue weighted by Gasteiger charge is 2.68. The molecular formula is C22H27NO6. The summed E-state index contributed by atoms with van der Waals surface area (Å²) < 4.78 is 17.9. The van der Waals surface area contributed by atoms with E-state index in [2.05, 4.69) is 11.4 Å². The maximum atomic E-state index is 12.7. The number of aliphatic carboxylic acids is 1. The van der Waals surface area contributed by atoms with Crippen molar-refractivity contribution < 1.29 is 28.9 Å². The summed E-state index contributed by atoms with van der Waals surface area (Å²) in [5, 5.41) is 12.4. The number of esters is 1. The molecule has 2 saturated heterocycles. The molecule has 2 heterocycles. The van der Waals surface area contributed by atoms with Gasteiger partial charge in [-0.15, -0.1) is 0 Å². The second-order valence-corrected chi connectivity index (χ2v) is 8.77. The molecule has 156 valence electrons. The van der Waals surface area contributed by atoms with Gasteiger partial charge in [-0.05, 0) is 56.5 Å². The smallest absolute Gasteiger partial charge is 0.331 e. The maximum absolute atomic E-state index is 12.7. The highest BCUT2D eigenvalue weighted by atomic mass is 16.6. The van der Waals surface area contributed by atoms with E-state index in [-0.39, 0.29) is 6.04 Å². The lowest BCUT2D eigenvalue weighted by Gasteiger charge is -2.64. The highest BCUT2D eigenvalue weighted by Crippen LogP contribution is 2.57. The predicted molar refractivity (Wildman–Crippen MR) is 105 cm³/mol. The molecule has 0 spiro atoms. The molecule has 1 aromatic carbocycles. The molecule has 1 aliphatic carbocycles. The van der Waals surface area contributed by atoms with Crippen LogP contribution in [0.5, 0.6) is 5.75 Å². The summed E-state index contributed by atoms with van der Waals surface area (Å²) in [6.45, 7) is 5.21. The van der Waals surface area contributed by atoms with Gasteiger partial charge >= 0.3 is 11.9 Å². The Morgan fingerprint density at radius 2 is 2.10 bits per heavy atom. The molecule has 0 radical (unpaired) electrons. The minimum Gasteiger partial charge on any atom is -0.497 e. The summed E-state index contributed by atoms with van der Waals surface area (Å²) in [6.07, 6.45) is 3.78. The molecule has 2 N–H and O–H groups in total. The number of carbonyl (C=O) groups is 2. The normalized spacial score (nSPS) is 32.2. The standard InChI is InChI=1S/C22H27NO6/c1-20(2)12-22(29-19(26)7-6-18(24)25)17-10-14-4-5-15(27-3)11-16(14)21(22,13-28-20)8-9-23-17/h4-7,11,17,23H,8-10,12-13H2,1-3H3,(H,24,25)/b7-6+/t17-,21-,22-/m1/s1. The minimum absolute atomic E-state index is 0.0810. The van der Waals surface area contributed by atoms with Gasteiger partial charge in [0.2, 0.25) is 0 Å². The minimum atomic E-state index is -1.18. The van der Waals surface area contributed by atoms with Crippen LogP contribution in [0.15, 0.2) is 30.4 Å². The van der Waals surface area contributed by atoms with E-state index in [1.807, 2.05) is 26.0 Å². The zero-order chi connectivity index (χ0) is 20.9. The largest absolute Gasteiger partial charge is 0.497 e. The summed E-state index contributed by atoms with van der Waals surface area (Å²) in [7, 11) is 1.64. The number of benzene rings is 1. The number of nitrogens with one attached hydrogen (secondary N) is 1. The molecular weight excluding hydrogens is 374 g/mol. The second-order valence-electron chi connectivity index (χ2n) is 8.77. The van der Waals surface area contributed by atoms with E-state index in [4.69, 9.17) is 19.3 Å². The Labute approximate surface area is 170 Å². The van der Waals surface area contributed by atoms with Crippen LogP contribution in [0.3, 0.4) is 0 Å². The molecule has 3 aliphatic rings. The van der Waals surface area contributed by atoms with Crippen LogP contribution in [0.1, 0.15) is 37.8 Å².